The van der Waals surface area contributed by atoms with Crippen molar-refractivity contribution in [3.8, 4) is 0 Å². The summed E-state index contributed by atoms with van der Waals surface area (Å²) in [6, 6.07) is 6.32. The summed E-state index contributed by atoms with van der Waals surface area (Å²) >= 11 is 6.40. The van der Waals surface area contributed by atoms with Crippen LogP contribution in [0.5, 0.6) is 0 Å². The molecule has 1 aromatic rings. The van der Waals surface area contributed by atoms with Gasteiger partial charge >= 0.3 is 5.97 Å². The lowest BCUT2D eigenvalue weighted by Gasteiger charge is -2.27. The number of esters is 1. The highest BCUT2D eigenvalue weighted by Gasteiger charge is 2.29. The average molecular weight is 503 g/mol. The van der Waals surface area contributed by atoms with Crippen molar-refractivity contribution in [1.82, 2.24) is 5.32 Å². The van der Waals surface area contributed by atoms with Crippen LogP contribution in [0.15, 0.2) is 40.6 Å². The maximum Gasteiger partial charge on any atom is 0.311 e. The summed E-state index contributed by atoms with van der Waals surface area (Å²) in [5.41, 5.74) is 4.01. The lowest BCUT2D eigenvalue weighted by Crippen LogP contribution is -2.31. The first kappa shape index (κ1) is 28.6. The van der Waals surface area contributed by atoms with Crippen LogP contribution in [-0.2, 0) is 25.5 Å². The number of amides is 1. The van der Waals surface area contributed by atoms with E-state index in [2.05, 4.69) is 42.3 Å². The smallest absolute Gasteiger partial charge is 0.311 e. The second-order valence-corrected chi connectivity index (χ2v) is 10.0. The van der Waals surface area contributed by atoms with Crippen LogP contribution < -0.4 is 10.2 Å². The molecule has 0 spiro atoms. The molecule has 0 saturated heterocycles. The third-order valence-electron chi connectivity index (χ3n) is 6.78. The van der Waals surface area contributed by atoms with Crippen molar-refractivity contribution in [3.05, 3.63) is 51.7 Å². The molecule has 2 rings (SSSR count). The predicted octanol–water partition coefficient (Wildman–Crippen LogP) is 5.47. The summed E-state index contributed by atoms with van der Waals surface area (Å²) < 4.78 is 5.52. The Morgan fingerprint density at radius 1 is 1.20 bits per heavy atom. The summed E-state index contributed by atoms with van der Waals surface area (Å²) in [7, 11) is 0. The molecule has 35 heavy (non-hydrogen) atoms. The minimum Gasteiger partial charge on any atom is -0.463 e. The SMILES string of the molecule is CCC1=C(Cl)C(=O)C(NC(C)=O)=CC1Cc1ccc(N(CC)CCOC(=O)C(C)(C)CC)cc1C. The molecule has 0 saturated carbocycles. The fraction of sp³-hybridized carbons (Fsp3) is 0.536. The van der Waals surface area contributed by atoms with Crippen molar-refractivity contribution in [2.24, 2.45) is 11.3 Å². The van der Waals surface area contributed by atoms with E-state index in [0.717, 1.165) is 35.4 Å². The molecule has 1 unspecified atom stereocenters. The average Bonchev–Trinajstić information content (AvgIpc) is 2.81. The molecule has 1 aromatic carbocycles. The largest absolute Gasteiger partial charge is 0.463 e. The molecular formula is C28H39ClN2O4. The molecule has 1 N–H and O–H groups in total. The van der Waals surface area contributed by atoms with Gasteiger partial charge in [-0.2, -0.15) is 0 Å². The second kappa shape index (κ2) is 12.4. The van der Waals surface area contributed by atoms with E-state index in [4.69, 9.17) is 16.3 Å². The number of anilines is 1. The molecule has 192 valence electrons. The standard InChI is InChI=1S/C28H39ClN2O4/c1-8-23-21(17-24(30-19(5)32)26(33)25(23)29)16-20-11-12-22(15-18(20)4)31(10-3)13-14-35-27(34)28(6,7)9-2/h11-12,15,17,21H,8-10,13-14,16H2,1-7H3,(H,30,32). The van der Waals surface area contributed by atoms with E-state index >= 15 is 0 Å². The van der Waals surface area contributed by atoms with Crippen molar-refractivity contribution in [2.45, 2.75) is 67.7 Å². The fourth-order valence-electron chi connectivity index (χ4n) is 4.09. The number of hydrogen-bond acceptors (Lipinski definition) is 5. The Balaban J connectivity index is 2.16. The van der Waals surface area contributed by atoms with Crippen molar-refractivity contribution in [1.29, 1.82) is 0 Å². The monoisotopic (exact) mass is 502 g/mol. The second-order valence-electron chi connectivity index (χ2n) is 9.66. The van der Waals surface area contributed by atoms with Crippen LogP contribution >= 0.6 is 11.6 Å². The van der Waals surface area contributed by atoms with Crippen molar-refractivity contribution in [2.75, 3.05) is 24.6 Å². The van der Waals surface area contributed by atoms with Crippen molar-refractivity contribution in [3.63, 3.8) is 0 Å². The third-order valence-corrected chi connectivity index (χ3v) is 7.19. The highest BCUT2D eigenvalue weighted by atomic mass is 35.5. The Morgan fingerprint density at radius 2 is 1.89 bits per heavy atom. The van der Waals surface area contributed by atoms with Crippen molar-refractivity contribution >= 4 is 34.9 Å². The number of halogens is 1. The van der Waals surface area contributed by atoms with Gasteiger partial charge in [0.2, 0.25) is 11.7 Å². The van der Waals surface area contributed by atoms with Gasteiger partial charge in [0.15, 0.2) is 0 Å². The summed E-state index contributed by atoms with van der Waals surface area (Å²) in [6.07, 6.45) is 3.90. The van der Waals surface area contributed by atoms with E-state index in [-0.39, 0.29) is 34.3 Å². The number of nitrogens with zero attached hydrogens (tertiary/aromatic N) is 1. The van der Waals surface area contributed by atoms with Crippen molar-refractivity contribution < 1.29 is 19.1 Å². The van der Waals surface area contributed by atoms with Gasteiger partial charge in [-0.25, -0.2) is 0 Å². The van der Waals surface area contributed by atoms with E-state index in [1.54, 1.807) is 0 Å². The minimum absolute atomic E-state index is 0.0692. The zero-order valence-corrected chi connectivity index (χ0v) is 22.8. The summed E-state index contributed by atoms with van der Waals surface area (Å²) in [6.45, 7) is 15.0. The van der Waals surface area contributed by atoms with Gasteiger partial charge in [-0.15, -0.1) is 0 Å². The predicted molar refractivity (Wildman–Crippen MR) is 141 cm³/mol. The molecule has 0 aromatic heterocycles. The highest BCUT2D eigenvalue weighted by Crippen LogP contribution is 2.34. The molecule has 0 radical (unpaired) electrons. The van der Waals surface area contributed by atoms with E-state index in [9.17, 15) is 14.4 Å². The molecule has 7 heteroatoms. The lowest BCUT2D eigenvalue weighted by atomic mass is 9.83. The summed E-state index contributed by atoms with van der Waals surface area (Å²) in [4.78, 5) is 38.5. The molecule has 0 bridgehead atoms. The van der Waals surface area contributed by atoms with Gasteiger partial charge in [-0.1, -0.05) is 31.5 Å². The molecule has 0 heterocycles. The van der Waals surface area contributed by atoms with E-state index in [1.165, 1.54) is 6.92 Å². The lowest BCUT2D eigenvalue weighted by molar-refractivity contribution is -0.153. The maximum absolute atomic E-state index is 12.5. The molecule has 6 nitrogen and oxygen atoms in total. The van der Waals surface area contributed by atoms with Crippen LogP contribution in [0.1, 0.15) is 65.5 Å². The van der Waals surface area contributed by atoms with Gasteiger partial charge in [0.1, 0.15) is 6.61 Å². The first-order valence-electron chi connectivity index (χ1n) is 12.4. The van der Waals surface area contributed by atoms with Gasteiger partial charge in [-0.05, 0) is 81.9 Å². The molecular weight excluding hydrogens is 464 g/mol. The highest BCUT2D eigenvalue weighted by molar-refractivity contribution is 6.46. The van der Waals surface area contributed by atoms with Gasteiger partial charge in [-0.3, -0.25) is 14.4 Å². The van der Waals surface area contributed by atoms with Crippen LogP contribution in [0.3, 0.4) is 0 Å². The number of likely N-dealkylation sites (N-methyl/N-ethyl adjacent to an activating group) is 1. The number of carbonyl (C=O) groups is 3. The zero-order chi connectivity index (χ0) is 26.3. The van der Waals surface area contributed by atoms with Crippen LogP contribution in [-0.4, -0.2) is 37.4 Å². The number of hydrogen-bond donors (Lipinski definition) is 1. The van der Waals surface area contributed by atoms with E-state index in [1.807, 2.05) is 33.8 Å². The number of ketones is 1. The van der Waals surface area contributed by atoms with Gasteiger partial charge < -0.3 is 15.0 Å². The number of Topliss-reactive ketones (excluding diaryl/α,β-unsaturated/α-hetero) is 1. The van der Waals surface area contributed by atoms with Gasteiger partial charge in [0, 0.05) is 25.1 Å². The molecule has 1 aliphatic rings. The molecule has 0 fully saturated rings. The Kier molecular flexibility index (Phi) is 10.1. The number of rotatable bonds is 11. The number of benzene rings is 1. The molecule has 1 amide bonds. The number of aryl methyl sites for hydroxylation is 1. The Hall–Kier alpha value is -2.60. The van der Waals surface area contributed by atoms with E-state index in [0.29, 0.717) is 26.0 Å². The first-order valence-corrected chi connectivity index (χ1v) is 12.8. The summed E-state index contributed by atoms with van der Waals surface area (Å²) in [5.74, 6) is -0.862. The molecule has 0 aliphatic heterocycles. The van der Waals surface area contributed by atoms with Crippen LogP contribution in [0, 0.1) is 18.3 Å². The number of nitrogens with one attached hydrogen (secondary N) is 1. The molecule has 1 aliphatic carbocycles. The molecule has 1 atom stereocenters. The number of allylic oxidation sites excluding steroid dienone is 3. The normalized spacial score (nSPS) is 16.2. The number of ether oxygens (including phenoxy) is 1. The van der Waals surface area contributed by atoms with Crippen LogP contribution in [0.4, 0.5) is 5.69 Å². The fourth-order valence-corrected chi connectivity index (χ4v) is 4.47. The van der Waals surface area contributed by atoms with Gasteiger partial charge in [0.25, 0.3) is 0 Å². The Labute approximate surface area is 214 Å². The minimum atomic E-state index is -0.470. The van der Waals surface area contributed by atoms with Gasteiger partial charge in [0.05, 0.1) is 22.7 Å². The maximum atomic E-state index is 12.5. The van der Waals surface area contributed by atoms with Crippen LogP contribution in [0.2, 0.25) is 0 Å². The Morgan fingerprint density at radius 3 is 2.43 bits per heavy atom. The summed E-state index contributed by atoms with van der Waals surface area (Å²) in [5, 5.41) is 2.83. The van der Waals surface area contributed by atoms with E-state index < -0.39 is 5.41 Å². The Bertz CT molecular complexity index is 1030. The zero-order valence-electron chi connectivity index (χ0n) is 22.1. The first-order chi connectivity index (χ1) is 16.4. The third kappa shape index (κ3) is 7.20. The topological polar surface area (TPSA) is 75.7 Å². The quantitative estimate of drug-likeness (QED) is 0.406. The van der Waals surface area contributed by atoms with Crippen LogP contribution in [0.25, 0.3) is 0 Å². The number of carbonyl (C=O) groups excluding carboxylic acids is 3.